The van der Waals surface area contributed by atoms with Gasteiger partial charge in [-0.25, -0.2) is 0 Å². The Labute approximate surface area is 67.9 Å². The van der Waals surface area contributed by atoms with Crippen molar-refractivity contribution in [3.05, 3.63) is 16.7 Å². The molecule has 0 saturated carbocycles. The molecule has 0 spiro atoms. The van der Waals surface area contributed by atoms with E-state index in [1.807, 2.05) is 0 Å². The van der Waals surface area contributed by atoms with Gasteiger partial charge in [0.05, 0.1) is 0 Å². The minimum atomic E-state index is 0.438. The molecule has 0 amide bonds. The van der Waals surface area contributed by atoms with Crippen molar-refractivity contribution in [3.63, 3.8) is 0 Å². The minimum Gasteiger partial charge on any atom is -0.0646 e. The Bertz CT molecular complexity index is 184. The van der Waals surface area contributed by atoms with Gasteiger partial charge in [0.1, 0.15) is 0 Å². The second-order valence-corrected chi connectivity index (χ2v) is 3.18. The van der Waals surface area contributed by atoms with Gasteiger partial charge >= 0.3 is 0 Å². The Hall–Kier alpha value is -0.660. The van der Waals surface area contributed by atoms with Gasteiger partial charge in [0.25, 0.3) is 0 Å². The van der Waals surface area contributed by atoms with Crippen LogP contribution in [0.4, 0.5) is 0 Å². The van der Waals surface area contributed by atoms with Gasteiger partial charge in [-0.3, -0.25) is 0 Å². The van der Waals surface area contributed by atoms with E-state index in [1.54, 1.807) is 0 Å². The van der Waals surface area contributed by atoms with Gasteiger partial charge in [0.2, 0.25) is 5.70 Å². The zero-order valence-corrected chi connectivity index (χ0v) is 7.34. The Morgan fingerprint density at radius 3 is 3.00 bits per heavy atom. The molecule has 0 fully saturated rings. The van der Waals surface area contributed by atoms with Crippen LogP contribution in [0.25, 0.3) is 0 Å². The fourth-order valence-corrected chi connectivity index (χ4v) is 1.37. The summed E-state index contributed by atoms with van der Waals surface area (Å²) in [7, 11) is 0. The third-order valence-corrected chi connectivity index (χ3v) is 2.32. The van der Waals surface area contributed by atoms with E-state index in [2.05, 4.69) is 19.9 Å². The fraction of sp³-hybridized carbons (Fsp3) is 0.778. The number of hydrogen-bond donors (Lipinski definition) is 0. The molecule has 11 heavy (non-hydrogen) atoms. The molecule has 62 valence electrons. The smallest absolute Gasteiger partial charge is 0.0646 e. The van der Waals surface area contributed by atoms with Crippen molar-refractivity contribution in [1.82, 2.24) is 0 Å². The lowest BCUT2D eigenvalue weighted by Gasteiger charge is -2.08. The van der Waals surface area contributed by atoms with Crippen LogP contribution in [0, 0.1) is 10.8 Å². The zero-order chi connectivity index (χ0) is 8.27. The average Bonchev–Trinajstić information content (AvgIpc) is 2.04. The first kappa shape index (κ1) is 8.44. The molecule has 0 aromatic rings. The molecule has 0 N–H and O–H groups in total. The molecule has 1 unspecified atom stereocenters. The lowest BCUT2D eigenvalue weighted by molar-refractivity contribution is -0.510. The van der Waals surface area contributed by atoms with Crippen LogP contribution in [0.3, 0.4) is 0 Å². The summed E-state index contributed by atoms with van der Waals surface area (Å²) in [4.78, 5) is 11.2. The number of nitrogens with zero attached hydrogens (tertiary/aromatic N) is 1. The van der Waals surface area contributed by atoms with Gasteiger partial charge in [-0.1, -0.05) is 13.8 Å². The summed E-state index contributed by atoms with van der Waals surface area (Å²) in [6.07, 6.45) is 5.25. The lowest BCUT2D eigenvalue weighted by Crippen LogP contribution is -2.18. The van der Waals surface area contributed by atoms with Crippen molar-refractivity contribution in [1.29, 1.82) is 0 Å². The number of allylic oxidation sites excluding steroid dienone is 2. The predicted molar refractivity (Wildman–Crippen MR) is 45.3 cm³/mol. The monoisotopic (exact) mass is 154 g/mol. The Morgan fingerprint density at radius 1 is 1.73 bits per heavy atom. The first-order chi connectivity index (χ1) is 5.25. The molecular weight excluding hydrogens is 138 g/mol. The predicted octanol–water partition coefficient (Wildman–Crippen LogP) is 2.49. The summed E-state index contributed by atoms with van der Waals surface area (Å²) >= 11 is 0. The van der Waals surface area contributed by atoms with Crippen molar-refractivity contribution < 1.29 is 4.76 Å². The number of rotatable bonds is 2. The third kappa shape index (κ3) is 1.88. The molecule has 1 aliphatic heterocycles. The van der Waals surface area contributed by atoms with Crippen molar-refractivity contribution in [2.45, 2.75) is 33.1 Å². The van der Waals surface area contributed by atoms with E-state index in [9.17, 15) is 4.91 Å². The minimum absolute atomic E-state index is 0.438. The highest BCUT2D eigenvalue weighted by atomic mass is 16.3. The molecule has 0 saturated heterocycles. The largest absolute Gasteiger partial charge is 0.231 e. The van der Waals surface area contributed by atoms with Crippen molar-refractivity contribution in [3.8, 4) is 0 Å². The van der Waals surface area contributed by atoms with E-state index in [0.717, 1.165) is 29.7 Å². The zero-order valence-electron chi connectivity index (χ0n) is 7.34. The second-order valence-electron chi connectivity index (χ2n) is 3.18. The fourth-order valence-electron chi connectivity index (χ4n) is 1.37. The standard InChI is InChI=1S/C9H16NO/c1-3-8(2)9-6-4-5-7-10(9)11/h6,8H,3-5,7H2,1-2H3/q+1. The topological polar surface area (TPSA) is 20.1 Å². The summed E-state index contributed by atoms with van der Waals surface area (Å²) in [6, 6.07) is 0. The Morgan fingerprint density at radius 2 is 2.45 bits per heavy atom. The van der Waals surface area contributed by atoms with Crippen molar-refractivity contribution >= 4 is 0 Å². The highest BCUT2D eigenvalue weighted by Gasteiger charge is 2.25. The summed E-state index contributed by atoms with van der Waals surface area (Å²) in [5.74, 6) is 0.438. The molecule has 2 nitrogen and oxygen atoms in total. The summed E-state index contributed by atoms with van der Waals surface area (Å²) in [5.41, 5.74) is 0.999. The van der Waals surface area contributed by atoms with Crippen molar-refractivity contribution in [2.24, 2.45) is 5.92 Å². The first-order valence-corrected chi connectivity index (χ1v) is 4.40. The van der Waals surface area contributed by atoms with Crippen LogP contribution >= 0.6 is 0 Å². The number of nitroso groups, excluding NO2 is 1. The van der Waals surface area contributed by atoms with Gasteiger partial charge in [-0.05, 0) is 18.9 Å². The second kappa shape index (κ2) is 3.65. The Balaban J connectivity index is 2.67. The molecule has 0 aliphatic carbocycles. The molecule has 1 rings (SSSR count). The molecular formula is C9H16NO+. The summed E-state index contributed by atoms with van der Waals surface area (Å²) in [5, 5.41) is 0. The van der Waals surface area contributed by atoms with E-state index in [1.165, 1.54) is 0 Å². The van der Waals surface area contributed by atoms with Crippen LogP contribution in [-0.2, 0) is 0 Å². The Kier molecular flexibility index (Phi) is 2.80. The maximum Gasteiger partial charge on any atom is 0.231 e. The molecule has 0 radical (unpaired) electrons. The van der Waals surface area contributed by atoms with Gasteiger partial charge in [0, 0.05) is 22.0 Å². The van der Waals surface area contributed by atoms with E-state index in [4.69, 9.17) is 0 Å². The van der Waals surface area contributed by atoms with Gasteiger partial charge in [0.15, 0.2) is 6.54 Å². The van der Waals surface area contributed by atoms with E-state index < -0.39 is 0 Å². The van der Waals surface area contributed by atoms with Gasteiger partial charge < -0.3 is 0 Å². The van der Waals surface area contributed by atoms with E-state index in [-0.39, 0.29) is 0 Å². The van der Waals surface area contributed by atoms with Crippen LogP contribution in [0.2, 0.25) is 0 Å². The molecule has 0 bridgehead atoms. The van der Waals surface area contributed by atoms with Gasteiger partial charge in [-0.15, -0.1) is 0 Å². The highest BCUT2D eigenvalue weighted by Crippen LogP contribution is 2.19. The van der Waals surface area contributed by atoms with E-state index >= 15 is 0 Å². The van der Waals surface area contributed by atoms with Crippen LogP contribution < -0.4 is 0 Å². The quantitative estimate of drug-likeness (QED) is 0.559. The van der Waals surface area contributed by atoms with Crippen LogP contribution in [-0.4, -0.2) is 11.3 Å². The van der Waals surface area contributed by atoms with Crippen LogP contribution in [0.1, 0.15) is 33.1 Å². The highest BCUT2D eigenvalue weighted by molar-refractivity contribution is 4.97. The average molecular weight is 154 g/mol. The molecule has 1 atom stereocenters. The lowest BCUT2D eigenvalue weighted by atomic mass is 10.0. The molecule has 1 heterocycles. The normalized spacial score (nSPS) is 21.3. The summed E-state index contributed by atoms with van der Waals surface area (Å²) in [6.45, 7) is 4.92. The third-order valence-electron chi connectivity index (χ3n) is 2.32. The number of hydrogen-bond acceptors (Lipinski definition) is 1. The van der Waals surface area contributed by atoms with Crippen LogP contribution in [0.15, 0.2) is 11.8 Å². The first-order valence-electron chi connectivity index (χ1n) is 4.40. The molecule has 2 heteroatoms. The van der Waals surface area contributed by atoms with Crippen molar-refractivity contribution in [2.75, 3.05) is 6.54 Å². The SMILES string of the molecule is CCC(C)C1=CCCC[N+]1=O. The molecule has 0 aromatic heterocycles. The maximum absolute atomic E-state index is 11.2. The summed E-state index contributed by atoms with van der Waals surface area (Å²) < 4.78 is 1.15. The van der Waals surface area contributed by atoms with Gasteiger partial charge in [-0.2, -0.15) is 0 Å². The maximum atomic E-state index is 11.2. The van der Waals surface area contributed by atoms with E-state index in [0.29, 0.717) is 12.5 Å². The molecule has 1 aliphatic rings. The molecule has 0 aromatic carbocycles. The van der Waals surface area contributed by atoms with Crippen LogP contribution in [0.5, 0.6) is 0 Å².